The van der Waals surface area contributed by atoms with Gasteiger partial charge in [0, 0.05) is 0 Å². The summed E-state index contributed by atoms with van der Waals surface area (Å²) in [4.78, 5) is 0. The molecule has 6 nitrogen and oxygen atoms in total. The minimum atomic E-state index is -1.67. The summed E-state index contributed by atoms with van der Waals surface area (Å²) in [5, 5.41) is 52.2. The SMILES string of the molecule is OC[C@@H](O)[C@@H](O)[C@H](O)[C@@H](O)CO.[Cl-].[Na+]. The molecule has 8 heteroatoms. The predicted octanol–water partition coefficient (Wildman–Crippen LogP) is -9.58. The average Bonchev–Trinajstić information content (AvgIpc) is 2.12. The van der Waals surface area contributed by atoms with Crippen molar-refractivity contribution in [2.75, 3.05) is 13.2 Å². The molecule has 0 aliphatic heterocycles. The van der Waals surface area contributed by atoms with Crippen LogP contribution in [0.25, 0.3) is 0 Å². The summed E-state index contributed by atoms with van der Waals surface area (Å²) in [6, 6.07) is 0. The van der Waals surface area contributed by atoms with E-state index in [9.17, 15) is 0 Å². The van der Waals surface area contributed by atoms with E-state index in [0.717, 1.165) is 0 Å². The minimum absolute atomic E-state index is 0. The number of halogens is 1. The van der Waals surface area contributed by atoms with Gasteiger partial charge in [0.05, 0.1) is 13.2 Å². The molecule has 0 spiro atoms. The number of aliphatic hydroxyl groups excluding tert-OH is 6. The van der Waals surface area contributed by atoms with E-state index in [1.807, 2.05) is 0 Å². The molecule has 4 atom stereocenters. The molecule has 0 aliphatic carbocycles. The Morgan fingerprint density at radius 2 is 0.929 bits per heavy atom. The topological polar surface area (TPSA) is 121 Å². The van der Waals surface area contributed by atoms with Crippen molar-refractivity contribution < 1.29 is 72.6 Å². The van der Waals surface area contributed by atoms with E-state index in [1.54, 1.807) is 0 Å². The van der Waals surface area contributed by atoms with Gasteiger partial charge >= 0.3 is 29.6 Å². The molecule has 0 aromatic carbocycles. The second-order valence-corrected chi connectivity index (χ2v) is 2.48. The third kappa shape index (κ3) is 6.52. The summed E-state index contributed by atoms with van der Waals surface area (Å²) in [5.74, 6) is 0. The van der Waals surface area contributed by atoms with Gasteiger partial charge in [0.1, 0.15) is 24.4 Å². The molecule has 0 heterocycles. The molecular formula is C6H14ClNaO6. The number of rotatable bonds is 5. The van der Waals surface area contributed by atoms with Gasteiger partial charge in [0.25, 0.3) is 0 Å². The minimum Gasteiger partial charge on any atom is -1.00 e. The van der Waals surface area contributed by atoms with Crippen LogP contribution in [0, 0.1) is 0 Å². The van der Waals surface area contributed by atoms with Crippen LogP contribution in [-0.4, -0.2) is 68.3 Å². The zero-order valence-corrected chi connectivity index (χ0v) is 10.5. The Bertz CT molecular complexity index is 115. The molecule has 0 amide bonds. The van der Waals surface area contributed by atoms with Crippen LogP contribution in [0.4, 0.5) is 0 Å². The van der Waals surface area contributed by atoms with Gasteiger partial charge in [-0.25, -0.2) is 0 Å². The molecule has 0 radical (unpaired) electrons. The van der Waals surface area contributed by atoms with Crippen molar-refractivity contribution in [3.8, 4) is 0 Å². The van der Waals surface area contributed by atoms with E-state index in [0.29, 0.717) is 0 Å². The maximum Gasteiger partial charge on any atom is 1.00 e. The van der Waals surface area contributed by atoms with Gasteiger partial charge in [0.2, 0.25) is 0 Å². The Hall–Kier alpha value is 1.05. The fourth-order valence-electron chi connectivity index (χ4n) is 0.671. The molecule has 14 heavy (non-hydrogen) atoms. The first-order chi connectivity index (χ1) is 5.54. The van der Waals surface area contributed by atoms with Gasteiger partial charge in [-0.1, -0.05) is 0 Å². The van der Waals surface area contributed by atoms with Crippen molar-refractivity contribution in [2.24, 2.45) is 0 Å². The van der Waals surface area contributed by atoms with E-state index in [4.69, 9.17) is 30.6 Å². The first-order valence-electron chi connectivity index (χ1n) is 3.48. The largest absolute Gasteiger partial charge is 1.00 e. The molecule has 0 aliphatic rings. The molecule has 0 saturated heterocycles. The normalized spacial score (nSPS) is 18.4. The van der Waals surface area contributed by atoms with Crippen LogP contribution in [0.2, 0.25) is 0 Å². The third-order valence-corrected chi connectivity index (χ3v) is 1.51. The molecule has 0 fully saturated rings. The molecule has 0 aromatic heterocycles. The summed E-state index contributed by atoms with van der Waals surface area (Å²) < 4.78 is 0. The summed E-state index contributed by atoms with van der Waals surface area (Å²) >= 11 is 0. The Kier molecular flexibility index (Phi) is 15.4. The summed E-state index contributed by atoms with van der Waals surface area (Å²) in [7, 11) is 0. The molecule has 0 rings (SSSR count). The zero-order valence-electron chi connectivity index (χ0n) is 7.78. The van der Waals surface area contributed by atoms with Crippen LogP contribution in [0.1, 0.15) is 0 Å². The van der Waals surface area contributed by atoms with Gasteiger partial charge in [-0.2, -0.15) is 0 Å². The van der Waals surface area contributed by atoms with Crippen LogP contribution in [-0.2, 0) is 0 Å². The van der Waals surface area contributed by atoms with E-state index >= 15 is 0 Å². The second-order valence-electron chi connectivity index (χ2n) is 2.48. The fourth-order valence-corrected chi connectivity index (χ4v) is 0.671. The zero-order chi connectivity index (χ0) is 9.72. The molecular weight excluding hydrogens is 227 g/mol. The predicted molar refractivity (Wildman–Crippen MR) is 38.2 cm³/mol. The molecule has 0 unspecified atom stereocenters. The smallest absolute Gasteiger partial charge is 1.00 e. The molecule has 0 bridgehead atoms. The van der Waals surface area contributed by atoms with Crippen molar-refractivity contribution in [3.63, 3.8) is 0 Å². The van der Waals surface area contributed by atoms with E-state index in [2.05, 4.69) is 0 Å². The number of aliphatic hydroxyl groups is 6. The monoisotopic (exact) mass is 240 g/mol. The summed E-state index contributed by atoms with van der Waals surface area (Å²) in [6.07, 6.45) is -6.39. The number of hydrogen-bond donors (Lipinski definition) is 6. The van der Waals surface area contributed by atoms with Crippen LogP contribution >= 0.6 is 0 Å². The first kappa shape index (κ1) is 20.5. The van der Waals surface area contributed by atoms with Crippen LogP contribution in [0.15, 0.2) is 0 Å². The first-order valence-corrected chi connectivity index (χ1v) is 3.48. The van der Waals surface area contributed by atoms with Crippen molar-refractivity contribution in [2.45, 2.75) is 24.4 Å². The van der Waals surface area contributed by atoms with Gasteiger partial charge in [-0.05, 0) is 0 Å². The van der Waals surface area contributed by atoms with Crippen molar-refractivity contribution in [3.05, 3.63) is 0 Å². The third-order valence-electron chi connectivity index (χ3n) is 1.51. The average molecular weight is 241 g/mol. The molecule has 0 saturated carbocycles. The van der Waals surface area contributed by atoms with Crippen LogP contribution in [0.3, 0.4) is 0 Å². The summed E-state index contributed by atoms with van der Waals surface area (Å²) in [6.45, 7) is -1.45. The summed E-state index contributed by atoms with van der Waals surface area (Å²) in [5.41, 5.74) is 0. The standard InChI is InChI=1S/C6H14O6.ClH.Na/c7-1-3(9)5(11)6(12)4(10)2-8;;/h3-12H,1-2H2;1H;/q;;+1/p-1/t3-,4+,5-,6-;;/m1../s1. The molecule has 0 aromatic rings. The van der Waals surface area contributed by atoms with Gasteiger partial charge in [-0.3, -0.25) is 0 Å². The maximum absolute atomic E-state index is 8.96. The van der Waals surface area contributed by atoms with Crippen LogP contribution < -0.4 is 42.0 Å². The molecule has 6 N–H and O–H groups in total. The van der Waals surface area contributed by atoms with E-state index in [1.165, 1.54) is 0 Å². The van der Waals surface area contributed by atoms with Gasteiger partial charge < -0.3 is 43.0 Å². The van der Waals surface area contributed by atoms with E-state index < -0.39 is 37.6 Å². The Morgan fingerprint density at radius 1 is 0.714 bits per heavy atom. The fraction of sp³-hybridized carbons (Fsp3) is 1.00. The Morgan fingerprint density at radius 3 is 1.07 bits per heavy atom. The van der Waals surface area contributed by atoms with E-state index in [-0.39, 0.29) is 42.0 Å². The van der Waals surface area contributed by atoms with Crippen LogP contribution in [0.5, 0.6) is 0 Å². The van der Waals surface area contributed by atoms with Crippen molar-refractivity contribution in [1.29, 1.82) is 0 Å². The van der Waals surface area contributed by atoms with Gasteiger partial charge in [0.15, 0.2) is 0 Å². The van der Waals surface area contributed by atoms with Crippen molar-refractivity contribution >= 4 is 0 Å². The maximum atomic E-state index is 8.96. The Balaban J connectivity index is -0.000000605. The number of hydrogen-bond acceptors (Lipinski definition) is 6. The Labute approximate surface area is 110 Å². The molecule has 82 valence electrons. The quantitative estimate of drug-likeness (QED) is 0.266. The van der Waals surface area contributed by atoms with Crippen molar-refractivity contribution in [1.82, 2.24) is 0 Å². The second kappa shape index (κ2) is 10.6. The van der Waals surface area contributed by atoms with Gasteiger partial charge in [-0.15, -0.1) is 0 Å².